The Hall–Kier alpha value is -1.51. The Morgan fingerprint density at radius 2 is 1.81 bits per heavy atom. The molecule has 1 rings (SSSR count). The van der Waals surface area contributed by atoms with Gasteiger partial charge in [-0.3, -0.25) is 4.79 Å². The van der Waals surface area contributed by atoms with Gasteiger partial charge in [0, 0.05) is 27.2 Å². The molecule has 0 aliphatic rings. The summed E-state index contributed by atoms with van der Waals surface area (Å²) in [5.74, 6) is 2.00. The summed E-state index contributed by atoms with van der Waals surface area (Å²) in [6, 6.07) is 8.19. The molecule has 6 nitrogen and oxygen atoms in total. The lowest BCUT2D eigenvalue weighted by Crippen LogP contribution is -2.39. The molecule has 0 heterocycles. The third-order valence-corrected chi connectivity index (χ3v) is 4.25. The summed E-state index contributed by atoms with van der Waals surface area (Å²) in [7, 11) is 5.16. The van der Waals surface area contributed by atoms with E-state index in [1.807, 2.05) is 12.1 Å². The van der Waals surface area contributed by atoms with Crippen molar-refractivity contribution in [1.29, 1.82) is 0 Å². The largest absolute Gasteiger partial charge is 0.497 e. The fourth-order valence-electron chi connectivity index (χ4n) is 2.35. The van der Waals surface area contributed by atoms with Crippen molar-refractivity contribution in [2.75, 3.05) is 40.8 Å². The monoisotopic (exact) mass is 490 g/mol. The van der Waals surface area contributed by atoms with Crippen molar-refractivity contribution >= 4 is 35.8 Å². The number of benzene rings is 1. The van der Waals surface area contributed by atoms with E-state index in [4.69, 9.17) is 4.74 Å². The minimum atomic E-state index is -0.00630. The van der Waals surface area contributed by atoms with Gasteiger partial charge >= 0.3 is 0 Å². The average Bonchev–Trinajstić information content (AvgIpc) is 2.65. The number of carbonyl (C=O) groups excluding carboxylic acids is 1. The van der Waals surface area contributed by atoms with E-state index in [0.29, 0.717) is 11.9 Å². The van der Waals surface area contributed by atoms with Gasteiger partial charge in [-0.1, -0.05) is 32.4 Å². The Kier molecular flexibility index (Phi) is 13.7. The molecule has 1 unspecified atom stereocenters. The summed E-state index contributed by atoms with van der Waals surface area (Å²) in [5.41, 5.74) is 1.29. The first-order chi connectivity index (χ1) is 12.5. The lowest BCUT2D eigenvalue weighted by atomic mass is 9.98. The number of unbranched alkanes of at least 4 members (excludes halogenated alkanes) is 1. The maximum absolute atomic E-state index is 11.7. The van der Waals surface area contributed by atoms with Gasteiger partial charge in [0.25, 0.3) is 0 Å². The van der Waals surface area contributed by atoms with Crippen LogP contribution in [0.4, 0.5) is 0 Å². The summed E-state index contributed by atoms with van der Waals surface area (Å²) in [6.45, 7) is 6.16. The van der Waals surface area contributed by atoms with Gasteiger partial charge in [-0.2, -0.15) is 0 Å². The van der Waals surface area contributed by atoms with E-state index in [-0.39, 0.29) is 36.4 Å². The van der Waals surface area contributed by atoms with Crippen molar-refractivity contribution in [3.8, 4) is 5.75 Å². The van der Waals surface area contributed by atoms with Crippen molar-refractivity contribution in [3.63, 3.8) is 0 Å². The second kappa shape index (κ2) is 14.5. The van der Waals surface area contributed by atoms with Gasteiger partial charge in [0.05, 0.1) is 7.11 Å². The fraction of sp³-hybridized carbons (Fsp3) is 0.600. The molecule has 1 aromatic carbocycles. The van der Waals surface area contributed by atoms with Crippen LogP contribution in [0.5, 0.6) is 5.75 Å². The van der Waals surface area contributed by atoms with E-state index >= 15 is 0 Å². The number of aliphatic imine (C=N–C) groups is 1. The third-order valence-electron chi connectivity index (χ3n) is 4.25. The highest BCUT2D eigenvalue weighted by atomic mass is 127. The molecule has 0 saturated heterocycles. The Balaban J connectivity index is 0.00000676. The first kappa shape index (κ1) is 25.5. The van der Waals surface area contributed by atoms with Crippen molar-refractivity contribution in [2.45, 2.75) is 39.0 Å². The molecule has 1 atom stereocenters. The zero-order valence-electron chi connectivity index (χ0n) is 17.2. The van der Waals surface area contributed by atoms with Crippen LogP contribution in [0, 0.1) is 0 Å². The summed E-state index contributed by atoms with van der Waals surface area (Å²) < 4.78 is 5.20. The predicted octanol–water partition coefficient (Wildman–Crippen LogP) is 3.23. The van der Waals surface area contributed by atoms with Crippen LogP contribution >= 0.6 is 24.0 Å². The zero-order valence-corrected chi connectivity index (χ0v) is 19.6. The first-order valence-electron chi connectivity index (χ1n) is 9.34. The highest BCUT2D eigenvalue weighted by Crippen LogP contribution is 2.21. The number of methoxy groups -OCH3 is 1. The van der Waals surface area contributed by atoms with Crippen LogP contribution in [0.2, 0.25) is 0 Å². The molecule has 0 saturated carbocycles. The van der Waals surface area contributed by atoms with Crippen LogP contribution in [-0.2, 0) is 4.79 Å². The molecular weight excluding hydrogens is 455 g/mol. The molecule has 1 amide bonds. The molecule has 0 aromatic heterocycles. The Morgan fingerprint density at radius 1 is 1.19 bits per heavy atom. The van der Waals surface area contributed by atoms with E-state index in [0.717, 1.165) is 38.1 Å². The van der Waals surface area contributed by atoms with Crippen molar-refractivity contribution < 1.29 is 9.53 Å². The van der Waals surface area contributed by atoms with Crippen LogP contribution in [0.1, 0.15) is 44.6 Å². The molecule has 2 N–H and O–H groups in total. The lowest BCUT2D eigenvalue weighted by Gasteiger charge is -2.16. The number of nitrogens with zero attached hydrogens (tertiary/aromatic N) is 2. The minimum absolute atomic E-state index is 0. The van der Waals surface area contributed by atoms with E-state index < -0.39 is 0 Å². The van der Waals surface area contributed by atoms with Crippen LogP contribution < -0.4 is 15.4 Å². The average molecular weight is 490 g/mol. The second-order valence-electron chi connectivity index (χ2n) is 6.62. The van der Waals surface area contributed by atoms with Crippen molar-refractivity contribution in [1.82, 2.24) is 15.5 Å². The number of hydrogen-bond acceptors (Lipinski definition) is 3. The Bertz CT molecular complexity index is 562. The van der Waals surface area contributed by atoms with Gasteiger partial charge in [0.2, 0.25) is 5.91 Å². The van der Waals surface area contributed by atoms with E-state index in [1.54, 1.807) is 26.1 Å². The normalized spacial score (nSPS) is 12.0. The minimum Gasteiger partial charge on any atom is -0.497 e. The number of hydrogen-bond donors (Lipinski definition) is 2. The first-order valence-corrected chi connectivity index (χ1v) is 9.34. The molecule has 27 heavy (non-hydrogen) atoms. The second-order valence-corrected chi connectivity index (χ2v) is 6.62. The maximum Gasteiger partial charge on any atom is 0.243 e. The molecule has 154 valence electrons. The third kappa shape index (κ3) is 10.4. The zero-order chi connectivity index (χ0) is 19.4. The summed E-state index contributed by atoms with van der Waals surface area (Å²) in [6.07, 6.45) is 3.17. The van der Waals surface area contributed by atoms with Gasteiger partial charge in [0.15, 0.2) is 5.96 Å². The molecule has 0 radical (unpaired) electrons. The number of amides is 1. The van der Waals surface area contributed by atoms with Gasteiger partial charge < -0.3 is 20.3 Å². The van der Waals surface area contributed by atoms with Crippen molar-refractivity contribution in [2.24, 2.45) is 4.99 Å². The Labute approximate surface area is 181 Å². The fourth-order valence-corrected chi connectivity index (χ4v) is 2.35. The van der Waals surface area contributed by atoms with Gasteiger partial charge in [0.1, 0.15) is 12.3 Å². The summed E-state index contributed by atoms with van der Waals surface area (Å²) >= 11 is 0. The molecule has 1 aromatic rings. The van der Waals surface area contributed by atoms with Crippen LogP contribution in [0.15, 0.2) is 29.3 Å². The van der Waals surface area contributed by atoms with E-state index in [1.165, 1.54) is 5.56 Å². The number of halogens is 1. The summed E-state index contributed by atoms with van der Waals surface area (Å²) in [4.78, 5) is 17.7. The van der Waals surface area contributed by atoms with Crippen LogP contribution in [0.25, 0.3) is 0 Å². The standard InChI is InChI=1S/C20H34N4O2.HI/c1-6-7-13-21-20(23-15-19(25)24(3)4)22-14-12-16(2)17-8-10-18(26-5)11-9-17;/h8-11,16H,6-7,12-15H2,1-5H3,(H2,21,22,23);1H. The SMILES string of the molecule is CCCCNC(=NCC(=O)N(C)C)NCCC(C)c1ccc(OC)cc1.I. The molecule has 0 spiro atoms. The topological polar surface area (TPSA) is 66.0 Å². The predicted molar refractivity (Wildman–Crippen MR) is 123 cm³/mol. The molecule has 0 aliphatic carbocycles. The molecular formula is C20H35IN4O2. The lowest BCUT2D eigenvalue weighted by molar-refractivity contribution is -0.127. The quantitative estimate of drug-likeness (QED) is 0.229. The van der Waals surface area contributed by atoms with Gasteiger partial charge in [-0.15, -0.1) is 24.0 Å². The summed E-state index contributed by atoms with van der Waals surface area (Å²) in [5, 5.41) is 6.63. The number of nitrogens with one attached hydrogen (secondary N) is 2. The van der Waals surface area contributed by atoms with Crippen LogP contribution in [-0.4, -0.2) is 57.6 Å². The number of carbonyl (C=O) groups is 1. The van der Waals surface area contributed by atoms with Crippen molar-refractivity contribution in [3.05, 3.63) is 29.8 Å². The maximum atomic E-state index is 11.7. The number of ether oxygens (including phenoxy) is 1. The number of rotatable bonds is 10. The molecule has 7 heteroatoms. The van der Waals surface area contributed by atoms with Gasteiger partial charge in [-0.05, 0) is 36.5 Å². The highest BCUT2D eigenvalue weighted by Gasteiger charge is 2.08. The smallest absolute Gasteiger partial charge is 0.243 e. The number of guanidine groups is 1. The van der Waals surface area contributed by atoms with E-state index in [9.17, 15) is 4.79 Å². The van der Waals surface area contributed by atoms with Gasteiger partial charge in [-0.25, -0.2) is 4.99 Å². The van der Waals surface area contributed by atoms with Crippen LogP contribution in [0.3, 0.4) is 0 Å². The van der Waals surface area contributed by atoms with E-state index in [2.05, 4.69) is 41.6 Å². The molecule has 0 bridgehead atoms. The molecule has 0 fully saturated rings. The highest BCUT2D eigenvalue weighted by molar-refractivity contribution is 14.0. The Morgan fingerprint density at radius 3 is 2.37 bits per heavy atom. The number of likely N-dealkylation sites (N-methyl/N-ethyl adjacent to an activating group) is 1. The molecule has 0 aliphatic heterocycles.